The van der Waals surface area contributed by atoms with Crippen molar-refractivity contribution in [2.75, 3.05) is 0 Å². The first-order valence-corrected chi connectivity index (χ1v) is 3.59. The molecule has 1 heterocycles. The second-order valence-electron chi connectivity index (χ2n) is 2.72. The molecule has 0 fully saturated rings. The summed E-state index contributed by atoms with van der Waals surface area (Å²) in [7, 11) is 0. The average Bonchev–Trinajstić information content (AvgIpc) is 2.31. The zero-order valence-corrected chi connectivity index (χ0v) is 7.02. The largest absolute Gasteiger partial charge is 0.346 e. The van der Waals surface area contributed by atoms with Crippen molar-refractivity contribution in [3.8, 4) is 6.07 Å². The monoisotopic (exact) mass is 158 g/mol. The SMILES string of the molecule is C=C(C)C=c1[nH]c(C#N)cc1=C. The Labute approximate surface area is 71.2 Å². The number of nitriles is 1. The van der Waals surface area contributed by atoms with E-state index in [1.54, 1.807) is 6.07 Å². The highest BCUT2D eigenvalue weighted by Gasteiger charge is 1.91. The lowest BCUT2D eigenvalue weighted by Gasteiger charge is -1.81. The molecule has 1 aromatic rings. The van der Waals surface area contributed by atoms with Crippen LogP contribution in [0.2, 0.25) is 0 Å². The molecule has 0 saturated heterocycles. The fourth-order valence-electron chi connectivity index (χ4n) is 0.949. The van der Waals surface area contributed by atoms with Crippen molar-refractivity contribution in [2.24, 2.45) is 0 Å². The lowest BCUT2D eigenvalue weighted by Crippen LogP contribution is -2.20. The molecule has 1 rings (SSSR count). The van der Waals surface area contributed by atoms with Crippen molar-refractivity contribution < 1.29 is 0 Å². The van der Waals surface area contributed by atoms with E-state index in [4.69, 9.17) is 5.26 Å². The molecule has 12 heavy (non-hydrogen) atoms. The minimum absolute atomic E-state index is 0.535. The van der Waals surface area contributed by atoms with Gasteiger partial charge in [0.15, 0.2) is 0 Å². The molecule has 0 atom stereocenters. The van der Waals surface area contributed by atoms with E-state index in [0.29, 0.717) is 5.69 Å². The van der Waals surface area contributed by atoms with Gasteiger partial charge in [0.2, 0.25) is 0 Å². The van der Waals surface area contributed by atoms with Crippen molar-refractivity contribution >= 4 is 12.7 Å². The van der Waals surface area contributed by atoms with E-state index in [1.165, 1.54) is 0 Å². The van der Waals surface area contributed by atoms with Crippen molar-refractivity contribution in [2.45, 2.75) is 6.92 Å². The summed E-state index contributed by atoms with van der Waals surface area (Å²) >= 11 is 0. The van der Waals surface area contributed by atoms with Crippen LogP contribution in [0.3, 0.4) is 0 Å². The Morgan fingerprint density at radius 2 is 2.42 bits per heavy atom. The third-order valence-electron chi connectivity index (χ3n) is 1.45. The van der Waals surface area contributed by atoms with Gasteiger partial charge in [-0.2, -0.15) is 5.26 Å². The zero-order valence-electron chi connectivity index (χ0n) is 7.02. The van der Waals surface area contributed by atoms with Crippen LogP contribution < -0.4 is 10.6 Å². The molecule has 2 heteroatoms. The van der Waals surface area contributed by atoms with Crippen LogP contribution in [0, 0.1) is 11.3 Å². The molecule has 0 aromatic carbocycles. The molecule has 60 valence electrons. The minimum atomic E-state index is 0.535. The smallest absolute Gasteiger partial charge is 0.118 e. The van der Waals surface area contributed by atoms with Crippen molar-refractivity contribution in [1.82, 2.24) is 4.98 Å². The van der Waals surface area contributed by atoms with Gasteiger partial charge >= 0.3 is 0 Å². The summed E-state index contributed by atoms with van der Waals surface area (Å²) in [5.41, 5.74) is 1.47. The van der Waals surface area contributed by atoms with Crippen LogP contribution in [0.4, 0.5) is 0 Å². The van der Waals surface area contributed by atoms with Crippen LogP contribution in [-0.4, -0.2) is 4.98 Å². The van der Waals surface area contributed by atoms with Crippen LogP contribution in [0.1, 0.15) is 12.6 Å². The highest BCUT2D eigenvalue weighted by Crippen LogP contribution is 1.86. The number of H-pyrrole nitrogens is 1. The molecular weight excluding hydrogens is 148 g/mol. The van der Waals surface area contributed by atoms with E-state index in [1.807, 2.05) is 19.1 Å². The molecule has 0 radical (unpaired) electrons. The standard InChI is InChI=1S/C10H10N2/c1-7(2)4-10-8(3)5-9(6-11)12-10/h4-5,12H,1,3H2,2H3. The predicted molar refractivity (Wildman–Crippen MR) is 49.6 cm³/mol. The van der Waals surface area contributed by atoms with E-state index in [0.717, 1.165) is 16.1 Å². The first kappa shape index (κ1) is 8.35. The van der Waals surface area contributed by atoms with Gasteiger partial charge in [-0.25, -0.2) is 0 Å². The molecule has 0 aliphatic heterocycles. The normalized spacial score (nSPS) is 11.2. The summed E-state index contributed by atoms with van der Waals surface area (Å²) in [6.07, 6.45) is 1.86. The molecule has 0 aliphatic carbocycles. The van der Waals surface area contributed by atoms with Gasteiger partial charge in [0.25, 0.3) is 0 Å². The van der Waals surface area contributed by atoms with Crippen LogP contribution >= 0.6 is 0 Å². The summed E-state index contributed by atoms with van der Waals surface area (Å²) < 4.78 is 0. The van der Waals surface area contributed by atoms with Gasteiger partial charge in [0.05, 0.1) is 0 Å². The predicted octanol–water partition coefficient (Wildman–Crippen LogP) is 0.653. The van der Waals surface area contributed by atoms with E-state index in [2.05, 4.69) is 18.1 Å². The quantitative estimate of drug-likeness (QED) is 0.640. The number of rotatable bonds is 1. The second-order valence-corrected chi connectivity index (χ2v) is 2.72. The summed E-state index contributed by atoms with van der Waals surface area (Å²) in [5, 5.41) is 10.3. The maximum absolute atomic E-state index is 8.56. The van der Waals surface area contributed by atoms with E-state index < -0.39 is 0 Å². The van der Waals surface area contributed by atoms with Crippen LogP contribution in [0.5, 0.6) is 0 Å². The molecule has 0 bridgehead atoms. The van der Waals surface area contributed by atoms with Crippen LogP contribution in [0.25, 0.3) is 12.7 Å². The number of nitrogens with zero attached hydrogens (tertiary/aromatic N) is 1. The first-order chi connectivity index (χ1) is 5.63. The third-order valence-corrected chi connectivity index (χ3v) is 1.45. The highest BCUT2D eigenvalue weighted by molar-refractivity contribution is 5.43. The average molecular weight is 158 g/mol. The Morgan fingerprint density at radius 1 is 1.75 bits per heavy atom. The molecule has 0 amide bonds. The van der Waals surface area contributed by atoms with Gasteiger partial charge in [-0.05, 0) is 24.3 Å². The minimum Gasteiger partial charge on any atom is -0.346 e. The molecule has 1 N–H and O–H groups in total. The van der Waals surface area contributed by atoms with Gasteiger partial charge < -0.3 is 4.98 Å². The van der Waals surface area contributed by atoms with E-state index in [9.17, 15) is 0 Å². The summed E-state index contributed by atoms with van der Waals surface area (Å²) in [5.74, 6) is 0. The van der Waals surface area contributed by atoms with Gasteiger partial charge in [-0.15, -0.1) is 0 Å². The molecule has 2 nitrogen and oxygen atoms in total. The Kier molecular flexibility index (Phi) is 2.16. The molecule has 0 unspecified atom stereocenters. The van der Waals surface area contributed by atoms with E-state index in [-0.39, 0.29) is 0 Å². The van der Waals surface area contributed by atoms with E-state index >= 15 is 0 Å². The molecule has 1 aromatic heterocycles. The van der Waals surface area contributed by atoms with Gasteiger partial charge in [-0.1, -0.05) is 18.7 Å². The molecule has 0 saturated carbocycles. The Balaban J connectivity index is 3.38. The fourth-order valence-corrected chi connectivity index (χ4v) is 0.949. The maximum Gasteiger partial charge on any atom is 0.118 e. The van der Waals surface area contributed by atoms with Crippen molar-refractivity contribution in [3.63, 3.8) is 0 Å². The lowest BCUT2D eigenvalue weighted by atomic mass is 10.3. The number of hydrogen-bond acceptors (Lipinski definition) is 1. The molecular formula is C10H10N2. The Bertz CT molecular complexity index is 443. The molecule has 0 spiro atoms. The Hall–Kier alpha value is -1.75. The number of allylic oxidation sites excluding steroid dienone is 1. The third kappa shape index (κ3) is 1.64. The Morgan fingerprint density at radius 3 is 2.83 bits per heavy atom. The second kappa shape index (κ2) is 3.10. The number of nitrogens with one attached hydrogen (secondary N) is 1. The van der Waals surface area contributed by atoms with Crippen molar-refractivity contribution in [1.29, 1.82) is 5.26 Å². The summed E-state index contributed by atoms with van der Waals surface area (Å²) in [6.45, 7) is 9.42. The topological polar surface area (TPSA) is 39.6 Å². The highest BCUT2D eigenvalue weighted by atomic mass is 14.7. The number of aromatic amines is 1. The fraction of sp³-hybridized carbons (Fsp3) is 0.100. The number of aromatic nitrogens is 1. The summed E-state index contributed by atoms with van der Waals surface area (Å²) in [6, 6.07) is 3.73. The van der Waals surface area contributed by atoms with Crippen molar-refractivity contribution in [3.05, 3.63) is 34.5 Å². The van der Waals surface area contributed by atoms with Crippen LogP contribution in [0.15, 0.2) is 18.2 Å². The maximum atomic E-state index is 8.56. The first-order valence-electron chi connectivity index (χ1n) is 3.59. The summed E-state index contributed by atoms with van der Waals surface area (Å²) in [4.78, 5) is 2.92. The number of hydrogen-bond donors (Lipinski definition) is 1. The zero-order chi connectivity index (χ0) is 9.14. The van der Waals surface area contributed by atoms with Crippen LogP contribution in [-0.2, 0) is 0 Å². The van der Waals surface area contributed by atoms with Gasteiger partial charge in [0.1, 0.15) is 11.8 Å². The van der Waals surface area contributed by atoms with Gasteiger partial charge in [0, 0.05) is 5.35 Å². The van der Waals surface area contributed by atoms with Gasteiger partial charge in [-0.3, -0.25) is 0 Å². The molecule has 0 aliphatic rings. The lowest BCUT2D eigenvalue weighted by molar-refractivity contribution is 1.27.